The van der Waals surface area contributed by atoms with Crippen LogP contribution in [-0.4, -0.2) is 31.0 Å². The predicted molar refractivity (Wildman–Crippen MR) is 61.8 cm³/mol. The van der Waals surface area contributed by atoms with Gasteiger partial charge in [-0.3, -0.25) is 0 Å². The lowest BCUT2D eigenvalue weighted by molar-refractivity contribution is 0.153. The normalized spacial score (nSPS) is 17.8. The SMILES string of the molecule is COc1cccc2c1OC(CNC(=O)O)CC2. The van der Waals surface area contributed by atoms with Gasteiger partial charge in [0, 0.05) is 0 Å². The first-order valence-electron chi connectivity index (χ1n) is 5.50. The molecular formula is C12H15NO4. The van der Waals surface area contributed by atoms with Gasteiger partial charge >= 0.3 is 6.09 Å². The van der Waals surface area contributed by atoms with Crippen molar-refractivity contribution in [3.05, 3.63) is 23.8 Å². The van der Waals surface area contributed by atoms with Crippen LogP contribution in [0.5, 0.6) is 11.5 Å². The van der Waals surface area contributed by atoms with E-state index in [1.54, 1.807) is 7.11 Å². The van der Waals surface area contributed by atoms with Crippen molar-refractivity contribution in [2.24, 2.45) is 0 Å². The lowest BCUT2D eigenvalue weighted by atomic mass is 10.0. The highest BCUT2D eigenvalue weighted by Gasteiger charge is 2.22. The van der Waals surface area contributed by atoms with Crippen LogP contribution in [0.15, 0.2) is 18.2 Å². The van der Waals surface area contributed by atoms with E-state index in [4.69, 9.17) is 14.6 Å². The van der Waals surface area contributed by atoms with Crippen molar-refractivity contribution in [1.29, 1.82) is 0 Å². The number of nitrogens with one attached hydrogen (secondary N) is 1. The van der Waals surface area contributed by atoms with Crippen molar-refractivity contribution in [3.63, 3.8) is 0 Å². The molecule has 0 bridgehead atoms. The van der Waals surface area contributed by atoms with Gasteiger partial charge in [0.1, 0.15) is 6.10 Å². The van der Waals surface area contributed by atoms with Gasteiger partial charge in [0.25, 0.3) is 0 Å². The van der Waals surface area contributed by atoms with E-state index in [9.17, 15) is 4.79 Å². The molecule has 2 rings (SSSR count). The van der Waals surface area contributed by atoms with E-state index in [0.717, 1.165) is 24.2 Å². The number of methoxy groups -OCH3 is 1. The van der Waals surface area contributed by atoms with Crippen LogP contribution in [0.25, 0.3) is 0 Å². The summed E-state index contributed by atoms with van der Waals surface area (Å²) >= 11 is 0. The van der Waals surface area contributed by atoms with Gasteiger partial charge in [0.05, 0.1) is 13.7 Å². The number of hydrogen-bond donors (Lipinski definition) is 2. The van der Waals surface area contributed by atoms with Crippen LogP contribution in [0.2, 0.25) is 0 Å². The summed E-state index contributed by atoms with van der Waals surface area (Å²) in [5.41, 5.74) is 1.11. The van der Waals surface area contributed by atoms with Crippen LogP contribution in [0.1, 0.15) is 12.0 Å². The van der Waals surface area contributed by atoms with Gasteiger partial charge in [0.2, 0.25) is 0 Å². The maximum absolute atomic E-state index is 10.4. The van der Waals surface area contributed by atoms with Gasteiger partial charge in [-0.05, 0) is 24.5 Å². The molecule has 2 N–H and O–H groups in total. The molecule has 1 aliphatic heterocycles. The van der Waals surface area contributed by atoms with Crippen molar-refractivity contribution >= 4 is 6.09 Å². The van der Waals surface area contributed by atoms with E-state index in [1.807, 2.05) is 18.2 Å². The molecule has 0 aliphatic carbocycles. The highest BCUT2D eigenvalue weighted by molar-refractivity contribution is 5.64. The standard InChI is InChI=1S/C12H15NO4/c1-16-10-4-2-3-8-5-6-9(17-11(8)10)7-13-12(14)15/h2-4,9,13H,5-7H2,1H3,(H,14,15). The zero-order valence-electron chi connectivity index (χ0n) is 9.60. The smallest absolute Gasteiger partial charge is 0.404 e. The Kier molecular flexibility index (Phi) is 3.37. The highest BCUT2D eigenvalue weighted by Crippen LogP contribution is 2.36. The van der Waals surface area contributed by atoms with Gasteiger partial charge in [-0.1, -0.05) is 12.1 Å². The maximum atomic E-state index is 10.4. The largest absolute Gasteiger partial charge is 0.493 e. The zero-order chi connectivity index (χ0) is 12.3. The molecule has 1 atom stereocenters. The average molecular weight is 237 g/mol. The Balaban J connectivity index is 2.09. The van der Waals surface area contributed by atoms with Crippen molar-refractivity contribution < 1.29 is 19.4 Å². The third-order valence-corrected chi connectivity index (χ3v) is 2.78. The van der Waals surface area contributed by atoms with Gasteiger partial charge < -0.3 is 19.9 Å². The summed E-state index contributed by atoms with van der Waals surface area (Å²) < 4.78 is 11.0. The molecule has 0 spiro atoms. The monoisotopic (exact) mass is 237 g/mol. The van der Waals surface area contributed by atoms with E-state index in [2.05, 4.69) is 5.32 Å². The highest BCUT2D eigenvalue weighted by atomic mass is 16.5. The number of carboxylic acid groups (broad SMARTS) is 1. The van der Waals surface area contributed by atoms with Gasteiger partial charge in [0.15, 0.2) is 11.5 Å². The molecule has 5 heteroatoms. The third-order valence-electron chi connectivity index (χ3n) is 2.78. The van der Waals surface area contributed by atoms with Gasteiger partial charge in [-0.25, -0.2) is 4.79 Å². The Morgan fingerprint density at radius 3 is 3.18 bits per heavy atom. The minimum atomic E-state index is -1.03. The van der Waals surface area contributed by atoms with Crippen molar-refractivity contribution in [2.75, 3.05) is 13.7 Å². The summed E-state index contributed by atoms with van der Waals surface area (Å²) in [5, 5.41) is 10.9. The fourth-order valence-corrected chi connectivity index (χ4v) is 1.94. The Morgan fingerprint density at radius 2 is 2.47 bits per heavy atom. The number of amides is 1. The first-order chi connectivity index (χ1) is 8.20. The van der Waals surface area contributed by atoms with Crippen LogP contribution in [-0.2, 0) is 6.42 Å². The fourth-order valence-electron chi connectivity index (χ4n) is 1.94. The van der Waals surface area contributed by atoms with Crippen molar-refractivity contribution in [2.45, 2.75) is 18.9 Å². The predicted octanol–water partition coefficient (Wildman–Crippen LogP) is 1.66. The molecule has 1 heterocycles. The molecule has 1 unspecified atom stereocenters. The second-order valence-corrected chi connectivity index (χ2v) is 3.91. The third kappa shape index (κ3) is 2.61. The minimum Gasteiger partial charge on any atom is -0.493 e. The summed E-state index contributed by atoms with van der Waals surface area (Å²) in [6.45, 7) is 0.298. The van der Waals surface area contributed by atoms with Gasteiger partial charge in [-0.15, -0.1) is 0 Å². The quantitative estimate of drug-likeness (QED) is 0.838. The number of benzene rings is 1. The Bertz CT molecular complexity index is 405. The molecule has 1 aromatic carbocycles. The van der Waals surface area contributed by atoms with E-state index in [1.165, 1.54) is 0 Å². The molecule has 92 valence electrons. The van der Waals surface area contributed by atoms with Crippen LogP contribution < -0.4 is 14.8 Å². The summed E-state index contributed by atoms with van der Waals surface area (Å²) in [6.07, 6.45) is 0.521. The Morgan fingerprint density at radius 1 is 1.65 bits per heavy atom. The first kappa shape index (κ1) is 11.6. The van der Waals surface area contributed by atoms with Crippen LogP contribution in [0, 0.1) is 0 Å². The second-order valence-electron chi connectivity index (χ2n) is 3.91. The van der Waals surface area contributed by atoms with Crippen LogP contribution >= 0.6 is 0 Å². The molecule has 1 amide bonds. The molecule has 17 heavy (non-hydrogen) atoms. The Labute approximate surface area is 99.3 Å². The number of hydrogen-bond acceptors (Lipinski definition) is 3. The molecule has 0 aromatic heterocycles. The summed E-state index contributed by atoms with van der Waals surface area (Å²) in [4.78, 5) is 10.4. The van der Waals surface area contributed by atoms with E-state index in [0.29, 0.717) is 12.3 Å². The van der Waals surface area contributed by atoms with E-state index in [-0.39, 0.29) is 6.10 Å². The maximum Gasteiger partial charge on any atom is 0.404 e. The lowest BCUT2D eigenvalue weighted by Gasteiger charge is -2.27. The molecule has 0 saturated heterocycles. The summed E-state index contributed by atoms with van der Waals surface area (Å²) in [7, 11) is 1.60. The number of rotatable bonds is 3. The zero-order valence-corrected chi connectivity index (χ0v) is 9.60. The summed E-state index contributed by atoms with van der Waals surface area (Å²) in [6, 6.07) is 5.77. The molecule has 1 aliphatic rings. The lowest BCUT2D eigenvalue weighted by Crippen LogP contribution is -2.36. The number of aryl methyl sites for hydroxylation is 1. The van der Waals surface area contributed by atoms with E-state index >= 15 is 0 Å². The minimum absolute atomic E-state index is 0.130. The number of para-hydroxylation sites is 1. The molecule has 5 nitrogen and oxygen atoms in total. The number of ether oxygens (including phenoxy) is 2. The fraction of sp³-hybridized carbons (Fsp3) is 0.417. The topological polar surface area (TPSA) is 67.8 Å². The number of carbonyl (C=O) groups is 1. The average Bonchev–Trinajstić information content (AvgIpc) is 2.35. The van der Waals surface area contributed by atoms with Crippen molar-refractivity contribution in [1.82, 2.24) is 5.32 Å². The molecule has 0 radical (unpaired) electrons. The summed E-state index contributed by atoms with van der Waals surface area (Å²) in [5.74, 6) is 1.43. The molecular weight excluding hydrogens is 222 g/mol. The molecule has 0 fully saturated rings. The Hall–Kier alpha value is -1.91. The van der Waals surface area contributed by atoms with Crippen molar-refractivity contribution in [3.8, 4) is 11.5 Å². The second kappa shape index (κ2) is 4.95. The number of fused-ring (bicyclic) bond motifs is 1. The first-order valence-corrected chi connectivity index (χ1v) is 5.50. The van der Waals surface area contributed by atoms with Crippen LogP contribution in [0.4, 0.5) is 4.79 Å². The van der Waals surface area contributed by atoms with E-state index < -0.39 is 6.09 Å². The molecule has 1 aromatic rings. The van der Waals surface area contributed by atoms with Gasteiger partial charge in [-0.2, -0.15) is 0 Å². The molecule has 0 saturated carbocycles. The van der Waals surface area contributed by atoms with Crippen LogP contribution in [0.3, 0.4) is 0 Å².